The molecule has 0 aliphatic carbocycles. The Morgan fingerprint density at radius 2 is 2.39 bits per heavy atom. The van der Waals surface area contributed by atoms with Crippen molar-refractivity contribution in [3.63, 3.8) is 0 Å². The summed E-state index contributed by atoms with van der Waals surface area (Å²) in [4.78, 5) is 11.1. The predicted molar refractivity (Wildman–Crippen MR) is 69.3 cm³/mol. The monoisotopic (exact) mass is 264 g/mol. The number of aromatic nitrogens is 3. The van der Waals surface area contributed by atoms with Crippen molar-refractivity contribution in [3.05, 3.63) is 34.8 Å². The Balaban J connectivity index is 1.66. The van der Waals surface area contributed by atoms with Crippen molar-refractivity contribution in [2.75, 3.05) is 19.7 Å². The molecule has 5 nitrogen and oxygen atoms in total. The van der Waals surface area contributed by atoms with Gasteiger partial charge in [-0.2, -0.15) is 0 Å². The third kappa shape index (κ3) is 2.45. The zero-order valence-corrected chi connectivity index (χ0v) is 11.1. The van der Waals surface area contributed by atoms with Crippen LogP contribution in [-0.2, 0) is 18.3 Å². The summed E-state index contributed by atoms with van der Waals surface area (Å²) in [6.45, 7) is 3.47. The molecule has 0 N–H and O–H groups in total. The van der Waals surface area contributed by atoms with Gasteiger partial charge in [0.1, 0.15) is 16.9 Å². The first kappa shape index (κ1) is 11.8. The van der Waals surface area contributed by atoms with Crippen LogP contribution in [0.5, 0.6) is 0 Å². The van der Waals surface area contributed by atoms with Crippen molar-refractivity contribution < 1.29 is 4.74 Å². The van der Waals surface area contributed by atoms with Crippen molar-refractivity contribution in [1.29, 1.82) is 0 Å². The molecule has 0 bridgehead atoms. The summed E-state index contributed by atoms with van der Waals surface area (Å²) >= 11 is 1.66. The van der Waals surface area contributed by atoms with Crippen LogP contribution in [0.25, 0.3) is 0 Å². The van der Waals surface area contributed by atoms with Crippen molar-refractivity contribution in [3.8, 4) is 0 Å². The minimum absolute atomic E-state index is 0.110. The summed E-state index contributed by atoms with van der Waals surface area (Å²) in [5.41, 5.74) is 0. The van der Waals surface area contributed by atoms with Crippen LogP contribution in [0.15, 0.2) is 24.0 Å². The van der Waals surface area contributed by atoms with E-state index in [1.165, 1.54) is 0 Å². The maximum atomic E-state index is 5.78. The number of morpholine rings is 1. The number of hydrogen-bond donors (Lipinski definition) is 0. The Labute approximate surface area is 110 Å². The van der Waals surface area contributed by atoms with Gasteiger partial charge in [-0.3, -0.25) is 4.90 Å². The Bertz CT molecular complexity index is 496. The Hall–Kier alpha value is -1.24. The highest BCUT2D eigenvalue weighted by Crippen LogP contribution is 2.24. The van der Waals surface area contributed by atoms with Gasteiger partial charge in [0.15, 0.2) is 0 Å². The highest BCUT2D eigenvalue weighted by Gasteiger charge is 2.24. The van der Waals surface area contributed by atoms with E-state index in [1.807, 2.05) is 31.0 Å². The van der Waals surface area contributed by atoms with Crippen LogP contribution in [0, 0.1) is 0 Å². The molecular weight excluding hydrogens is 248 g/mol. The van der Waals surface area contributed by atoms with Crippen LogP contribution in [0.4, 0.5) is 0 Å². The van der Waals surface area contributed by atoms with Crippen LogP contribution in [0.2, 0.25) is 0 Å². The van der Waals surface area contributed by atoms with E-state index in [0.29, 0.717) is 0 Å². The Morgan fingerprint density at radius 1 is 1.44 bits per heavy atom. The lowest BCUT2D eigenvalue weighted by atomic mass is 10.3. The second-order valence-electron chi connectivity index (χ2n) is 4.42. The molecule has 18 heavy (non-hydrogen) atoms. The molecule has 2 aromatic rings. The molecule has 1 aliphatic rings. The lowest BCUT2D eigenvalue weighted by molar-refractivity contribution is -0.0339. The average molecular weight is 264 g/mol. The molecule has 0 radical (unpaired) electrons. The molecule has 6 heteroatoms. The molecule has 0 aromatic carbocycles. The third-order valence-electron chi connectivity index (χ3n) is 3.16. The Kier molecular flexibility index (Phi) is 3.40. The quantitative estimate of drug-likeness (QED) is 0.841. The van der Waals surface area contributed by atoms with E-state index in [4.69, 9.17) is 4.74 Å². The molecule has 1 unspecified atom stereocenters. The zero-order valence-electron chi connectivity index (χ0n) is 10.3. The molecule has 1 fully saturated rings. The minimum Gasteiger partial charge on any atom is -0.368 e. The SMILES string of the molecule is Cn1ccnc1CN1CCOC(c2nccs2)C1. The summed E-state index contributed by atoms with van der Waals surface area (Å²) in [7, 11) is 2.03. The van der Waals surface area contributed by atoms with Crippen LogP contribution in [-0.4, -0.2) is 39.1 Å². The third-order valence-corrected chi connectivity index (χ3v) is 4.03. The van der Waals surface area contributed by atoms with E-state index < -0.39 is 0 Å². The molecule has 0 amide bonds. The predicted octanol–water partition coefficient (Wildman–Crippen LogP) is 1.45. The van der Waals surface area contributed by atoms with E-state index in [9.17, 15) is 0 Å². The minimum atomic E-state index is 0.110. The molecule has 3 heterocycles. The fourth-order valence-electron chi connectivity index (χ4n) is 2.14. The molecule has 0 spiro atoms. The fraction of sp³-hybridized carbons (Fsp3) is 0.500. The van der Waals surface area contributed by atoms with E-state index in [-0.39, 0.29) is 6.10 Å². The van der Waals surface area contributed by atoms with Gasteiger partial charge in [-0.15, -0.1) is 11.3 Å². The standard InChI is InChI=1S/C12H16N4OS/c1-15-4-2-13-11(15)9-16-5-6-17-10(8-16)12-14-3-7-18-12/h2-4,7,10H,5-6,8-9H2,1H3. The molecule has 2 aromatic heterocycles. The number of ether oxygens (including phenoxy) is 1. The molecular formula is C12H16N4OS. The van der Waals surface area contributed by atoms with Gasteiger partial charge in [0.2, 0.25) is 0 Å². The summed E-state index contributed by atoms with van der Waals surface area (Å²) < 4.78 is 7.84. The largest absolute Gasteiger partial charge is 0.368 e. The topological polar surface area (TPSA) is 43.2 Å². The second-order valence-corrected chi connectivity index (χ2v) is 5.35. The first-order valence-corrected chi connectivity index (χ1v) is 6.90. The first-order valence-electron chi connectivity index (χ1n) is 6.02. The van der Waals surface area contributed by atoms with Gasteiger partial charge in [0.05, 0.1) is 13.2 Å². The van der Waals surface area contributed by atoms with E-state index in [0.717, 1.165) is 37.1 Å². The van der Waals surface area contributed by atoms with E-state index >= 15 is 0 Å². The van der Waals surface area contributed by atoms with Gasteiger partial charge in [0, 0.05) is 44.1 Å². The summed E-state index contributed by atoms with van der Waals surface area (Å²) in [6, 6.07) is 0. The number of rotatable bonds is 3. The maximum Gasteiger partial charge on any atom is 0.123 e. The Morgan fingerprint density at radius 3 is 3.11 bits per heavy atom. The maximum absolute atomic E-state index is 5.78. The van der Waals surface area contributed by atoms with Crippen LogP contribution in [0.1, 0.15) is 16.9 Å². The van der Waals surface area contributed by atoms with Gasteiger partial charge in [-0.1, -0.05) is 0 Å². The van der Waals surface area contributed by atoms with Gasteiger partial charge in [-0.25, -0.2) is 9.97 Å². The number of aryl methyl sites for hydroxylation is 1. The molecule has 96 valence electrons. The molecule has 1 saturated heterocycles. The van der Waals surface area contributed by atoms with Crippen molar-refractivity contribution in [2.24, 2.45) is 7.05 Å². The average Bonchev–Trinajstić information content (AvgIpc) is 3.02. The van der Waals surface area contributed by atoms with Crippen LogP contribution < -0.4 is 0 Å². The summed E-state index contributed by atoms with van der Waals surface area (Å²) in [5, 5.41) is 3.07. The first-order chi connectivity index (χ1) is 8.83. The van der Waals surface area contributed by atoms with E-state index in [1.54, 1.807) is 11.3 Å². The number of thiazole rings is 1. The number of nitrogens with zero attached hydrogens (tertiary/aromatic N) is 4. The van der Waals surface area contributed by atoms with Crippen molar-refractivity contribution in [1.82, 2.24) is 19.4 Å². The lowest BCUT2D eigenvalue weighted by Crippen LogP contribution is -2.38. The summed E-state index contributed by atoms with van der Waals surface area (Å²) in [6.07, 6.45) is 5.77. The molecule has 1 atom stereocenters. The number of imidazole rings is 1. The highest BCUT2D eigenvalue weighted by molar-refractivity contribution is 7.09. The molecule has 3 rings (SSSR count). The zero-order chi connectivity index (χ0) is 12.4. The summed E-state index contributed by atoms with van der Waals surface area (Å²) in [5.74, 6) is 1.09. The van der Waals surface area contributed by atoms with Crippen LogP contribution >= 0.6 is 11.3 Å². The smallest absolute Gasteiger partial charge is 0.123 e. The van der Waals surface area contributed by atoms with Gasteiger partial charge < -0.3 is 9.30 Å². The normalized spacial score (nSPS) is 21.3. The van der Waals surface area contributed by atoms with Gasteiger partial charge >= 0.3 is 0 Å². The fourth-order valence-corrected chi connectivity index (χ4v) is 2.82. The lowest BCUT2D eigenvalue weighted by Gasteiger charge is -2.31. The van der Waals surface area contributed by atoms with Gasteiger partial charge in [0.25, 0.3) is 0 Å². The van der Waals surface area contributed by atoms with Gasteiger partial charge in [-0.05, 0) is 0 Å². The molecule has 0 saturated carbocycles. The highest BCUT2D eigenvalue weighted by atomic mass is 32.1. The van der Waals surface area contributed by atoms with E-state index in [2.05, 4.69) is 19.4 Å². The second kappa shape index (κ2) is 5.17. The van der Waals surface area contributed by atoms with Crippen molar-refractivity contribution >= 4 is 11.3 Å². The van der Waals surface area contributed by atoms with Crippen molar-refractivity contribution in [2.45, 2.75) is 12.6 Å². The van der Waals surface area contributed by atoms with Crippen LogP contribution in [0.3, 0.4) is 0 Å². The molecule has 1 aliphatic heterocycles. The number of hydrogen-bond acceptors (Lipinski definition) is 5.